The Hall–Kier alpha value is -2.42. The molecule has 3 heterocycles. The maximum atomic E-state index is 12.7. The van der Waals surface area contributed by atoms with Gasteiger partial charge in [-0.25, -0.2) is 9.78 Å². The zero-order valence-corrected chi connectivity index (χ0v) is 16.2. The summed E-state index contributed by atoms with van der Waals surface area (Å²) in [4.78, 5) is 43.0. The van der Waals surface area contributed by atoms with E-state index < -0.39 is 23.1 Å². The van der Waals surface area contributed by atoms with Gasteiger partial charge in [0.25, 0.3) is 11.8 Å². The summed E-state index contributed by atoms with van der Waals surface area (Å²) in [5.41, 5.74) is -1.83. The average molecular weight is 389 g/mol. The topological polar surface area (TPSA) is 117 Å². The Kier molecular flexibility index (Phi) is 4.65. The van der Waals surface area contributed by atoms with Crippen molar-refractivity contribution < 1.29 is 19.5 Å². The van der Waals surface area contributed by atoms with E-state index in [4.69, 9.17) is 0 Å². The number of imide groups is 1. The number of imidazole rings is 1. The van der Waals surface area contributed by atoms with Crippen LogP contribution in [0.25, 0.3) is 0 Å². The van der Waals surface area contributed by atoms with Crippen LogP contribution in [0.4, 0.5) is 4.79 Å². The molecule has 9 heteroatoms. The van der Waals surface area contributed by atoms with Gasteiger partial charge in [-0.1, -0.05) is 12.8 Å². The van der Waals surface area contributed by atoms with Gasteiger partial charge in [-0.15, -0.1) is 0 Å². The van der Waals surface area contributed by atoms with Crippen LogP contribution in [0, 0.1) is 0 Å². The fourth-order valence-electron chi connectivity index (χ4n) is 4.50. The number of aryl methyl sites for hydroxylation is 1. The van der Waals surface area contributed by atoms with Crippen LogP contribution in [0.1, 0.15) is 57.0 Å². The van der Waals surface area contributed by atoms with Crippen molar-refractivity contribution in [2.45, 2.75) is 76.1 Å². The van der Waals surface area contributed by atoms with Gasteiger partial charge in [0, 0.05) is 13.0 Å². The standard InChI is InChI=1S/C19H27N5O4/c1-18(28,12-24-16(26)19(22-17(24)27)7-3-4-8-19)15(25)21-11-13-10-20-14-6-2-5-9-23(13)14/h10,28H,2-9,11-12H2,1H3,(H,21,25)(H,22,27). The van der Waals surface area contributed by atoms with Crippen molar-refractivity contribution in [1.29, 1.82) is 0 Å². The molecule has 4 rings (SSSR count). The molecule has 1 aromatic heterocycles. The Morgan fingerprint density at radius 1 is 1.32 bits per heavy atom. The molecule has 152 valence electrons. The number of aliphatic hydroxyl groups is 1. The SMILES string of the molecule is CC(O)(CN1C(=O)NC2(CCCC2)C1=O)C(=O)NCc1cnc2n1CCCC2. The van der Waals surface area contributed by atoms with Gasteiger partial charge in [-0.05, 0) is 32.6 Å². The number of fused-ring (bicyclic) bond motifs is 1. The maximum absolute atomic E-state index is 12.7. The van der Waals surface area contributed by atoms with E-state index in [9.17, 15) is 19.5 Å². The second kappa shape index (κ2) is 6.88. The molecule has 1 unspecified atom stereocenters. The predicted molar refractivity (Wildman–Crippen MR) is 99.1 cm³/mol. The summed E-state index contributed by atoms with van der Waals surface area (Å²) in [6.45, 7) is 2.08. The molecule has 1 aliphatic carbocycles. The quantitative estimate of drug-likeness (QED) is 0.632. The minimum Gasteiger partial charge on any atom is -0.378 e. The smallest absolute Gasteiger partial charge is 0.325 e. The van der Waals surface area contributed by atoms with Crippen LogP contribution in [0.5, 0.6) is 0 Å². The molecule has 4 amide bonds. The van der Waals surface area contributed by atoms with Crippen molar-refractivity contribution in [3.05, 3.63) is 17.7 Å². The summed E-state index contributed by atoms with van der Waals surface area (Å²) in [6, 6.07) is -0.537. The number of nitrogens with zero attached hydrogens (tertiary/aromatic N) is 3. The van der Waals surface area contributed by atoms with Gasteiger partial charge in [0.1, 0.15) is 11.4 Å². The average Bonchev–Trinajstić information content (AvgIpc) is 3.36. The predicted octanol–water partition coefficient (Wildman–Crippen LogP) is 0.451. The third-order valence-corrected chi connectivity index (χ3v) is 6.14. The van der Waals surface area contributed by atoms with Crippen molar-refractivity contribution in [1.82, 2.24) is 25.1 Å². The Balaban J connectivity index is 1.39. The molecule has 9 nitrogen and oxygen atoms in total. The Morgan fingerprint density at radius 3 is 2.82 bits per heavy atom. The number of hydrogen-bond donors (Lipinski definition) is 3. The van der Waals surface area contributed by atoms with Crippen molar-refractivity contribution in [2.24, 2.45) is 0 Å². The third kappa shape index (κ3) is 3.17. The number of aromatic nitrogens is 2. The minimum atomic E-state index is -1.87. The first kappa shape index (κ1) is 18.9. The van der Waals surface area contributed by atoms with Crippen LogP contribution in [0.2, 0.25) is 0 Å². The molecule has 0 aromatic carbocycles. The maximum Gasteiger partial charge on any atom is 0.325 e. The number of rotatable bonds is 5. The Morgan fingerprint density at radius 2 is 2.07 bits per heavy atom. The van der Waals surface area contributed by atoms with Crippen LogP contribution in [-0.4, -0.2) is 55.1 Å². The van der Waals surface area contributed by atoms with Crippen LogP contribution in [0.3, 0.4) is 0 Å². The number of nitrogens with one attached hydrogen (secondary N) is 2. The fraction of sp³-hybridized carbons (Fsp3) is 0.684. The highest BCUT2D eigenvalue weighted by Gasteiger charge is 2.54. The van der Waals surface area contributed by atoms with E-state index >= 15 is 0 Å². The molecule has 28 heavy (non-hydrogen) atoms. The second-order valence-corrected chi connectivity index (χ2v) is 8.34. The third-order valence-electron chi connectivity index (χ3n) is 6.14. The van der Waals surface area contributed by atoms with Crippen molar-refractivity contribution in [3.63, 3.8) is 0 Å². The lowest BCUT2D eigenvalue weighted by atomic mass is 9.97. The van der Waals surface area contributed by atoms with Crippen molar-refractivity contribution in [3.8, 4) is 0 Å². The highest BCUT2D eigenvalue weighted by Crippen LogP contribution is 2.35. The summed E-state index contributed by atoms with van der Waals surface area (Å²) in [5, 5.41) is 16.2. The van der Waals surface area contributed by atoms with E-state index in [1.54, 1.807) is 6.20 Å². The lowest BCUT2D eigenvalue weighted by Crippen LogP contribution is -2.54. The van der Waals surface area contributed by atoms with Gasteiger partial charge in [0.15, 0.2) is 5.60 Å². The molecule has 1 aromatic rings. The van der Waals surface area contributed by atoms with Gasteiger partial charge in [0.05, 0.1) is 25.0 Å². The minimum absolute atomic E-state index is 0.242. The van der Waals surface area contributed by atoms with E-state index in [1.165, 1.54) is 6.92 Å². The van der Waals surface area contributed by atoms with Crippen LogP contribution in [0.15, 0.2) is 6.20 Å². The van der Waals surface area contributed by atoms with E-state index in [2.05, 4.69) is 20.2 Å². The Labute approximate surface area is 163 Å². The molecule has 1 saturated carbocycles. The second-order valence-electron chi connectivity index (χ2n) is 8.34. The van der Waals surface area contributed by atoms with Gasteiger partial charge in [0.2, 0.25) is 0 Å². The molecule has 3 N–H and O–H groups in total. The summed E-state index contributed by atoms with van der Waals surface area (Å²) in [6.07, 6.45) is 7.85. The highest BCUT2D eigenvalue weighted by atomic mass is 16.3. The zero-order chi connectivity index (χ0) is 19.9. The van der Waals surface area contributed by atoms with Gasteiger partial charge in [-0.3, -0.25) is 14.5 Å². The zero-order valence-electron chi connectivity index (χ0n) is 16.2. The van der Waals surface area contributed by atoms with E-state index in [0.29, 0.717) is 12.8 Å². The van der Waals surface area contributed by atoms with Crippen molar-refractivity contribution >= 4 is 17.8 Å². The fourth-order valence-corrected chi connectivity index (χ4v) is 4.50. The molecule has 1 atom stereocenters. The lowest BCUT2D eigenvalue weighted by molar-refractivity contribution is -0.143. The first-order valence-electron chi connectivity index (χ1n) is 10.0. The number of urea groups is 1. The number of β-amino-alcohol motifs (C(OH)–C–C–N with tert-alkyl or cyclic N) is 1. The van der Waals surface area contributed by atoms with Gasteiger partial charge in [-0.2, -0.15) is 0 Å². The molecule has 1 spiro atoms. The molecule has 2 aliphatic heterocycles. The highest BCUT2D eigenvalue weighted by molar-refractivity contribution is 6.07. The first-order valence-corrected chi connectivity index (χ1v) is 10.0. The number of carbonyl (C=O) groups excluding carboxylic acids is 3. The molecule has 1 saturated heterocycles. The summed E-state index contributed by atoms with van der Waals surface area (Å²) >= 11 is 0. The number of hydrogen-bond acceptors (Lipinski definition) is 5. The molecular weight excluding hydrogens is 362 g/mol. The van der Waals surface area contributed by atoms with Gasteiger partial charge < -0.3 is 20.3 Å². The Bertz CT molecular complexity index is 809. The summed E-state index contributed by atoms with van der Waals surface area (Å²) < 4.78 is 2.10. The monoisotopic (exact) mass is 389 g/mol. The lowest BCUT2D eigenvalue weighted by Gasteiger charge is -2.27. The van der Waals surface area contributed by atoms with Crippen LogP contribution >= 0.6 is 0 Å². The number of carbonyl (C=O) groups is 3. The summed E-state index contributed by atoms with van der Waals surface area (Å²) in [5.74, 6) is 0.0585. The largest absolute Gasteiger partial charge is 0.378 e. The van der Waals surface area contributed by atoms with E-state index in [-0.39, 0.29) is 19.0 Å². The molecule has 0 radical (unpaired) electrons. The summed E-state index contributed by atoms with van der Waals surface area (Å²) in [7, 11) is 0. The normalized spacial score (nSPS) is 22.9. The van der Waals surface area contributed by atoms with Crippen LogP contribution < -0.4 is 10.6 Å². The van der Waals surface area contributed by atoms with E-state index in [0.717, 1.165) is 55.1 Å². The van der Waals surface area contributed by atoms with Gasteiger partial charge >= 0.3 is 6.03 Å². The molecule has 2 fully saturated rings. The number of amides is 4. The van der Waals surface area contributed by atoms with Crippen molar-refractivity contribution in [2.75, 3.05) is 6.54 Å². The first-order chi connectivity index (χ1) is 13.3. The van der Waals surface area contributed by atoms with E-state index in [1.807, 2.05) is 0 Å². The molecule has 0 bridgehead atoms. The van der Waals surface area contributed by atoms with Crippen LogP contribution in [-0.2, 0) is 29.1 Å². The molecular formula is C19H27N5O4. The molecule has 3 aliphatic rings.